The van der Waals surface area contributed by atoms with E-state index in [0.29, 0.717) is 30.2 Å². The Balaban J connectivity index is 2.50. The Morgan fingerprint density at radius 2 is 2.26 bits per heavy atom. The van der Waals surface area contributed by atoms with Crippen molar-refractivity contribution in [2.24, 2.45) is 5.73 Å². The number of benzene rings is 1. The highest BCUT2D eigenvalue weighted by molar-refractivity contribution is 6.31. The topological polar surface area (TPSA) is 55.6 Å². The van der Waals surface area contributed by atoms with Crippen LogP contribution in [-0.4, -0.2) is 30.5 Å². The van der Waals surface area contributed by atoms with Gasteiger partial charge in [0.2, 0.25) is 5.91 Å². The number of rotatable bonds is 3. The van der Waals surface area contributed by atoms with E-state index >= 15 is 0 Å². The largest absolute Gasteiger partial charge is 0.496 e. The highest BCUT2D eigenvalue weighted by Gasteiger charge is 2.36. The van der Waals surface area contributed by atoms with Crippen molar-refractivity contribution in [3.05, 3.63) is 28.8 Å². The van der Waals surface area contributed by atoms with Crippen LogP contribution in [0.1, 0.15) is 31.4 Å². The molecule has 1 aromatic carbocycles. The number of nitrogens with two attached hydrogens (primary N) is 1. The number of ether oxygens (including phenoxy) is 1. The first kappa shape index (κ1) is 14.2. The molecule has 0 bridgehead atoms. The second-order valence-electron chi connectivity index (χ2n) is 4.68. The van der Waals surface area contributed by atoms with E-state index in [-0.39, 0.29) is 18.0 Å². The van der Waals surface area contributed by atoms with Gasteiger partial charge in [-0.1, -0.05) is 17.7 Å². The van der Waals surface area contributed by atoms with E-state index in [2.05, 4.69) is 0 Å². The van der Waals surface area contributed by atoms with Crippen LogP contribution in [-0.2, 0) is 4.79 Å². The summed E-state index contributed by atoms with van der Waals surface area (Å²) in [5.74, 6) is 0.803. The summed E-state index contributed by atoms with van der Waals surface area (Å²) in [5, 5.41) is 0.591. The van der Waals surface area contributed by atoms with Gasteiger partial charge in [0.05, 0.1) is 13.2 Å². The van der Waals surface area contributed by atoms with E-state index in [1.54, 1.807) is 18.1 Å². The smallest absolute Gasteiger partial charge is 0.223 e. The second-order valence-corrected chi connectivity index (χ2v) is 5.09. The molecule has 2 N–H and O–H groups in total. The molecule has 1 aliphatic rings. The third kappa shape index (κ3) is 2.55. The Labute approximate surface area is 118 Å². The predicted octanol–water partition coefficient (Wildman–Crippen LogP) is 2.36. The lowest BCUT2D eigenvalue weighted by Gasteiger charge is -2.40. The first-order valence-electron chi connectivity index (χ1n) is 6.47. The van der Waals surface area contributed by atoms with Crippen molar-refractivity contribution in [3.8, 4) is 5.75 Å². The van der Waals surface area contributed by atoms with Crippen LogP contribution in [0.15, 0.2) is 18.2 Å². The molecule has 1 heterocycles. The molecule has 1 amide bonds. The van der Waals surface area contributed by atoms with Gasteiger partial charge in [-0.2, -0.15) is 0 Å². The Morgan fingerprint density at radius 1 is 1.53 bits per heavy atom. The van der Waals surface area contributed by atoms with Crippen LogP contribution >= 0.6 is 11.6 Å². The van der Waals surface area contributed by atoms with Gasteiger partial charge in [0.15, 0.2) is 0 Å². The van der Waals surface area contributed by atoms with Crippen LogP contribution in [0.4, 0.5) is 0 Å². The summed E-state index contributed by atoms with van der Waals surface area (Å²) in [5.41, 5.74) is 7.04. The molecule has 5 heteroatoms. The summed E-state index contributed by atoms with van der Waals surface area (Å²) in [6.45, 7) is 2.57. The third-order valence-corrected chi connectivity index (χ3v) is 3.95. The first-order valence-corrected chi connectivity index (χ1v) is 6.85. The number of likely N-dealkylation sites (N-methyl/N-ethyl adjacent to an activating group) is 1. The van der Waals surface area contributed by atoms with Crippen LogP contribution in [0, 0.1) is 0 Å². The van der Waals surface area contributed by atoms with Gasteiger partial charge in [-0.3, -0.25) is 4.79 Å². The summed E-state index contributed by atoms with van der Waals surface area (Å²) in [6, 6.07) is 5.15. The molecule has 0 radical (unpaired) electrons. The van der Waals surface area contributed by atoms with Crippen molar-refractivity contribution in [3.63, 3.8) is 0 Å². The summed E-state index contributed by atoms with van der Waals surface area (Å²) >= 11 is 6.30. The molecular formula is C14H19ClN2O2. The average molecular weight is 283 g/mol. The van der Waals surface area contributed by atoms with Crippen molar-refractivity contribution in [2.75, 3.05) is 13.7 Å². The molecule has 1 aliphatic heterocycles. The molecule has 0 aromatic heterocycles. The predicted molar refractivity (Wildman–Crippen MR) is 75.3 cm³/mol. The molecule has 2 atom stereocenters. The van der Waals surface area contributed by atoms with Crippen molar-refractivity contribution in [2.45, 2.75) is 31.8 Å². The van der Waals surface area contributed by atoms with Crippen LogP contribution < -0.4 is 10.5 Å². The number of hydrogen-bond donors (Lipinski definition) is 1. The number of nitrogens with zero attached hydrogens (tertiary/aromatic N) is 1. The lowest BCUT2D eigenvalue weighted by molar-refractivity contribution is -0.137. The van der Waals surface area contributed by atoms with Gasteiger partial charge >= 0.3 is 0 Å². The molecule has 1 saturated heterocycles. The minimum Gasteiger partial charge on any atom is -0.496 e. The molecule has 1 fully saturated rings. The second kappa shape index (κ2) is 5.80. The van der Waals surface area contributed by atoms with Crippen molar-refractivity contribution >= 4 is 17.5 Å². The maximum Gasteiger partial charge on any atom is 0.223 e. The maximum absolute atomic E-state index is 12.1. The maximum atomic E-state index is 12.1. The minimum absolute atomic E-state index is 0.119. The van der Waals surface area contributed by atoms with Crippen molar-refractivity contribution in [1.82, 2.24) is 4.90 Å². The molecule has 2 rings (SSSR count). The van der Waals surface area contributed by atoms with Gasteiger partial charge in [0, 0.05) is 29.6 Å². The van der Waals surface area contributed by atoms with Gasteiger partial charge < -0.3 is 15.4 Å². The summed E-state index contributed by atoms with van der Waals surface area (Å²) in [6.07, 6.45) is 1.17. The number of methoxy groups -OCH3 is 1. The molecule has 2 unspecified atom stereocenters. The molecular weight excluding hydrogens is 264 g/mol. The highest BCUT2D eigenvalue weighted by Crippen LogP contribution is 2.39. The van der Waals surface area contributed by atoms with Crippen molar-refractivity contribution in [1.29, 1.82) is 0 Å². The van der Waals surface area contributed by atoms with E-state index in [4.69, 9.17) is 22.1 Å². The van der Waals surface area contributed by atoms with Gasteiger partial charge in [-0.15, -0.1) is 0 Å². The number of amides is 1. The molecule has 19 heavy (non-hydrogen) atoms. The van der Waals surface area contributed by atoms with Crippen LogP contribution in [0.3, 0.4) is 0 Å². The van der Waals surface area contributed by atoms with E-state index < -0.39 is 0 Å². The normalized spacial score (nSPS) is 23.6. The molecule has 0 saturated carbocycles. The van der Waals surface area contributed by atoms with Crippen LogP contribution in [0.2, 0.25) is 5.02 Å². The molecule has 0 spiro atoms. The summed E-state index contributed by atoms with van der Waals surface area (Å²) in [7, 11) is 1.60. The lowest BCUT2D eigenvalue weighted by atomic mass is 9.90. The highest BCUT2D eigenvalue weighted by atomic mass is 35.5. The first-order chi connectivity index (χ1) is 9.10. The minimum atomic E-state index is -0.213. The number of likely N-dealkylation sites (tertiary alicyclic amines) is 1. The Morgan fingerprint density at radius 3 is 2.89 bits per heavy atom. The Bertz CT molecular complexity index is 479. The van der Waals surface area contributed by atoms with E-state index in [1.165, 1.54) is 0 Å². The van der Waals surface area contributed by atoms with Crippen LogP contribution in [0.5, 0.6) is 5.75 Å². The lowest BCUT2D eigenvalue weighted by Crippen LogP contribution is -2.48. The zero-order chi connectivity index (χ0) is 14.0. The SMILES string of the molecule is CCN1C(=O)CCC(N)C1c1c(Cl)cccc1OC. The van der Waals surface area contributed by atoms with Crippen LogP contribution in [0.25, 0.3) is 0 Å². The third-order valence-electron chi connectivity index (χ3n) is 3.62. The quantitative estimate of drug-likeness (QED) is 0.926. The molecule has 0 aliphatic carbocycles. The number of carbonyl (C=O) groups excluding carboxylic acids is 1. The number of carbonyl (C=O) groups is 1. The summed E-state index contributed by atoms with van der Waals surface area (Å²) < 4.78 is 5.38. The zero-order valence-corrected chi connectivity index (χ0v) is 12.0. The number of hydrogen-bond acceptors (Lipinski definition) is 3. The monoisotopic (exact) mass is 282 g/mol. The molecule has 4 nitrogen and oxygen atoms in total. The Hall–Kier alpha value is -1.26. The van der Waals surface area contributed by atoms with E-state index in [9.17, 15) is 4.79 Å². The molecule has 104 valence electrons. The number of halogens is 1. The standard InChI is InChI=1S/C14H19ClN2O2/c1-3-17-12(18)8-7-10(16)14(17)13-9(15)5-4-6-11(13)19-2/h4-6,10,14H,3,7-8,16H2,1-2H3. The van der Waals surface area contributed by atoms with E-state index in [0.717, 1.165) is 5.56 Å². The van der Waals surface area contributed by atoms with Gasteiger partial charge in [-0.05, 0) is 25.5 Å². The van der Waals surface area contributed by atoms with Gasteiger partial charge in [0.25, 0.3) is 0 Å². The van der Waals surface area contributed by atoms with E-state index in [1.807, 2.05) is 19.1 Å². The fourth-order valence-electron chi connectivity index (χ4n) is 2.70. The summed E-state index contributed by atoms with van der Waals surface area (Å²) in [4.78, 5) is 13.8. The fourth-order valence-corrected chi connectivity index (χ4v) is 2.98. The zero-order valence-electron chi connectivity index (χ0n) is 11.2. The van der Waals surface area contributed by atoms with Gasteiger partial charge in [0.1, 0.15) is 5.75 Å². The van der Waals surface area contributed by atoms with Gasteiger partial charge in [-0.25, -0.2) is 0 Å². The fraction of sp³-hybridized carbons (Fsp3) is 0.500. The van der Waals surface area contributed by atoms with Crippen molar-refractivity contribution < 1.29 is 9.53 Å². The average Bonchev–Trinajstić information content (AvgIpc) is 2.41. The Kier molecular flexibility index (Phi) is 4.32. The molecule has 1 aromatic rings. The number of piperidine rings is 1.